The molecule has 1 saturated carbocycles. The maximum atomic E-state index is 12.4. The Morgan fingerprint density at radius 1 is 1.04 bits per heavy atom. The van der Waals surface area contributed by atoms with Gasteiger partial charge in [0.15, 0.2) is 9.84 Å². The van der Waals surface area contributed by atoms with Crippen molar-refractivity contribution in [2.75, 3.05) is 5.75 Å². The maximum absolute atomic E-state index is 12.4. The Morgan fingerprint density at radius 2 is 1.62 bits per heavy atom. The summed E-state index contributed by atoms with van der Waals surface area (Å²) >= 11 is 0. The lowest BCUT2D eigenvalue weighted by Crippen LogP contribution is -2.41. The van der Waals surface area contributed by atoms with E-state index in [1.807, 2.05) is 30.3 Å². The Kier molecular flexibility index (Phi) is 5.74. The fraction of sp³-hybridized carbons (Fsp3) is 0.350. The van der Waals surface area contributed by atoms with E-state index >= 15 is 0 Å². The molecule has 1 aliphatic rings. The van der Waals surface area contributed by atoms with Crippen LogP contribution >= 0.6 is 0 Å². The number of hydrogen-bond acceptors (Lipinski definition) is 4. The highest BCUT2D eigenvalue weighted by molar-refractivity contribution is 7.91. The van der Waals surface area contributed by atoms with Gasteiger partial charge >= 0.3 is 0 Å². The monoisotopic (exact) mass is 373 g/mol. The molecule has 0 spiro atoms. The number of nitrogens with one attached hydrogen (secondary N) is 1. The van der Waals surface area contributed by atoms with Crippen molar-refractivity contribution in [1.29, 1.82) is 0 Å². The van der Waals surface area contributed by atoms with Gasteiger partial charge in [-0.1, -0.05) is 48.5 Å². The van der Waals surface area contributed by atoms with E-state index in [1.165, 1.54) is 12.1 Å². The van der Waals surface area contributed by atoms with Gasteiger partial charge in [0.05, 0.1) is 22.8 Å². The lowest BCUT2D eigenvalue weighted by molar-refractivity contribution is -0.122. The molecule has 1 aliphatic carbocycles. The van der Waals surface area contributed by atoms with Gasteiger partial charge in [-0.2, -0.15) is 0 Å². The van der Waals surface area contributed by atoms with E-state index in [0.29, 0.717) is 12.8 Å². The van der Waals surface area contributed by atoms with Gasteiger partial charge in [0.1, 0.15) is 0 Å². The number of benzene rings is 2. The summed E-state index contributed by atoms with van der Waals surface area (Å²) in [5.41, 5.74) is 0.976. The second-order valence-corrected chi connectivity index (χ2v) is 8.83. The fourth-order valence-corrected chi connectivity index (χ4v) is 4.52. The molecule has 0 aromatic heterocycles. The summed E-state index contributed by atoms with van der Waals surface area (Å²) in [6.45, 7) is 0. The molecule has 0 heterocycles. The van der Waals surface area contributed by atoms with E-state index in [4.69, 9.17) is 0 Å². The van der Waals surface area contributed by atoms with Crippen molar-refractivity contribution in [3.05, 3.63) is 66.2 Å². The number of carbonyl (C=O) groups is 1. The Bertz CT molecular complexity index is 831. The summed E-state index contributed by atoms with van der Waals surface area (Å²) in [5, 5.41) is 12.6. The summed E-state index contributed by atoms with van der Waals surface area (Å²) in [6, 6.07) is 17.6. The average Bonchev–Trinajstić information content (AvgIpc) is 2.64. The van der Waals surface area contributed by atoms with Crippen LogP contribution in [0.25, 0.3) is 0 Å². The minimum absolute atomic E-state index is 0.0875. The van der Waals surface area contributed by atoms with E-state index < -0.39 is 9.84 Å². The fourth-order valence-electron chi connectivity index (χ4n) is 3.25. The van der Waals surface area contributed by atoms with Crippen LogP contribution in [-0.2, 0) is 14.6 Å². The Balaban J connectivity index is 1.63. The van der Waals surface area contributed by atoms with Gasteiger partial charge in [-0.25, -0.2) is 8.42 Å². The zero-order chi connectivity index (χ0) is 18.6. The second kappa shape index (κ2) is 8.01. The molecular weight excluding hydrogens is 350 g/mol. The molecule has 1 fully saturated rings. The number of amides is 1. The third-order valence-electron chi connectivity index (χ3n) is 4.80. The van der Waals surface area contributed by atoms with Gasteiger partial charge in [-0.05, 0) is 36.5 Å². The first-order chi connectivity index (χ1) is 12.5. The third-order valence-corrected chi connectivity index (χ3v) is 6.53. The molecule has 2 N–H and O–H groups in total. The zero-order valence-electron chi connectivity index (χ0n) is 14.4. The standard InChI is InChI=1S/C20H23NO4S/c22-17-13-16(14-17)20(15-7-3-1-4-8-15)21-19(23)11-12-26(24,25)18-9-5-2-6-10-18/h1-10,16-17,20,22H,11-14H2,(H,21,23)/t16?,17?,20-/m0/s1. The van der Waals surface area contributed by atoms with Crippen LogP contribution in [0.4, 0.5) is 0 Å². The van der Waals surface area contributed by atoms with Crippen molar-refractivity contribution in [1.82, 2.24) is 5.32 Å². The highest BCUT2D eigenvalue weighted by atomic mass is 32.2. The molecule has 5 nitrogen and oxygen atoms in total. The van der Waals surface area contributed by atoms with Crippen LogP contribution in [0, 0.1) is 5.92 Å². The molecule has 0 radical (unpaired) electrons. The largest absolute Gasteiger partial charge is 0.393 e. The van der Waals surface area contributed by atoms with Crippen molar-refractivity contribution >= 4 is 15.7 Å². The number of sulfone groups is 1. The molecule has 2 aromatic rings. The molecule has 2 aromatic carbocycles. The molecule has 0 unspecified atom stereocenters. The number of hydrogen-bond donors (Lipinski definition) is 2. The van der Waals surface area contributed by atoms with Crippen LogP contribution in [0.5, 0.6) is 0 Å². The normalized spacial score (nSPS) is 20.8. The molecule has 1 amide bonds. The first-order valence-electron chi connectivity index (χ1n) is 8.76. The van der Waals surface area contributed by atoms with E-state index in [0.717, 1.165) is 5.56 Å². The summed E-state index contributed by atoms with van der Waals surface area (Å²) < 4.78 is 24.6. The molecule has 0 aliphatic heterocycles. The molecule has 138 valence electrons. The summed E-state index contributed by atoms with van der Waals surface area (Å²) in [6.07, 6.45) is 0.877. The Hall–Kier alpha value is -2.18. The molecule has 3 rings (SSSR count). The van der Waals surface area contributed by atoms with Crippen LogP contribution in [0.15, 0.2) is 65.6 Å². The quantitative estimate of drug-likeness (QED) is 0.781. The first kappa shape index (κ1) is 18.6. The molecule has 0 saturated heterocycles. The molecular formula is C20H23NO4S. The van der Waals surface area contributed by atoms with Crippen molar-refractivity contribution in [2.45, 2.75) is 36.3 Å². The number of carbonyl (C=O) groups excluding carboxylic acids is 1. The van der Waals surface area contributed by atoms with Crippen LogP contribution in [0.1, 0.15) is 30.9 Å². The maximum Gasteiger partial charge on any atom is 0.221 e. The van der Waals surface area contributed by atoms with Crippen LogP contribution in [-0.4, -0.2) is 31.3 Å². The van der Waals surface area contributed by atoms with E-state index in [2.05, 4.69) is 5.32 Å². The topological polar surface area (TPSA) is 83.5 Å². The minimum atomic E-state index is -3.48. The van der Waals surface area contributed by atoms with E-state index in [1.54, 1.807) is 18.2 Å². The van der Waals surface area contributed by atoms with Crippen molar-refractivity contribution in [2.24, 2.45) is 5.92 Å². The molecule has 0 bridgehead atoms. The van der Waals surface area contributed by atoms with Gasteiger partial charge in [0.2, 0.25) is 5.91 Å². The van der Waals surface area contributed by atoms with Gasteiger partial charge in [0, 0.05) is 6.42 Å². The highest BCUT2D eigenvalue weighted by Crippen LogP contribution is 2.38. The zero-order valence-corrected chi connectivity index (χ0v) is 15.2. The SMILES string of the molecule is O=C(CCS(=O)(=O)c1ccccc1)N[C@@H](c1ccccc1)C1CC(O)C1. The van der Waals surface area contributed by atoms with E-state index in [-0.39, 0.29) is 41.0 Å². The lowest BCUT2D eigenvalue weighted by Gasteiger charge is -2.38. The van der Waals surface area contributed by atoms with Gasteiger partial charge < -0.3 is 10.4 Å². The highest BCUT2D eigenvalue weighted by Gasteiger charge is 2.35. The minimum Gasteiger partial charge on any atom is -0.393 e. The predicted octanol–water partition coefficient (Wildman–Crippen LogP) is 2.48. The van der Waals surface area contributed by atoms with Crippen LogP contribution < -0.4 is 5.32 Å². The smallest absolute Gasteiger partial charge is 0.221 e. The summed E-state index contributed by atoms with van der Waals surface area (Å²) in [4.78, 5) is 12.6. The van der Waals surface area contributed by atoms with Crippen molar-refractivity contribution < 1.29 is 18.3 Å². The van der Waals surface area contributed by atoms with Crippen molar-refractivity contribution in [3.63, 3.8) is 0 Å². The Labute approximate surface area is 154 Å². The first-order valence-corrected chi connectivity index (χ1v) is 10.4. The summed E-state index contributed by atoms with van der Waals surface area (Å²) in [7, 11) is -3.48. The van der Waals surface area contributed by atoms with Crippen molar-refractivity contribution in [3.8, 4) is 0 Å². The van der Waals surface area contributed by atoms with Crippen LogP contribution in [0.3, 0.4) is 0 Å². The van der Waals surface area contributed by atoms with E-state index in [9.17, 15) is 18.3 Å². The number of rotatable bonds is 7. The second-order valence-electron chi connectivity index (χ2n) is 6.72. The number of aliphatic hydroxyl groups excluding tert-OH is 1. The average molecular weight is 373 g/mol. The molecule has 1 atom stereocenters. The molecule has 26 heavy (non-hydrogen) atoms. The van der Waals surface area contributed by atoms with Gasteiger partial charge in [-0.3, -0.25) is 4.79 Å². The third kappa shape index (κ3) is 4.51. The van der Waals surface area contributed by atoms with Gasteiger partial charge in [0.25, 0.3) is 0 Å². The Morgan fingerprint density at radius 3 is 2.19 bits per heavy atom. The van der Waals surface area contributed by atoms with Gasteiger partial charge in [-0.15, -0.1) is 0 Å². The molecule has 6 heteroatoms. The lowest BCUT2D eigenvalue weighted by atomic mass is 9.75. The van der Waals surface area contributed by atoms with Crippen LogP contribution in [0.2, 0.25) is 0 Å². The predicted molar refractivity (Wildman–Crippen MR) is 99.2 cm³/mol. The summed E-state index contributed by atoms with van der Waals surface area (Å²) in [5.74, 6) is -0.348. The number of aliphatic hydroxyl groups is 1.